The molecular formula is C17H25N5OS. The van der Waals surface area contributed by atoms with Gasteiger partial charge in [0.2, 0.25) is 0 Å². The normalized spacial score (nSPS) is 17.2. The van der Waals surface area contributed by atoms with Gasteiger partial charge in [-0.1, -0.05) is 10.9 Å². The van der Waals surface area contributed by atoms with Crippen LogP contribution < -0.4 is 19.5 Å². The molecular weight excluding hydrogens is 322 g/mol. The molecule has 1 atom stereocenters. The molecule has 3 rings (SSSR count). The minimum absolute atomic E-state index is 0.415. The lowest BCUT2D eigenvalue weighted by molar-refractivity contribution is 0.382. The van der Waals surface area contributed by atoms with E-state index in [1.54, 1.807) is 13.4 Å². The fourth-order valence-electron chi connectivity index (χ4n) is 3.23. The van der Waals surface area contributed by atoms with Crippen molar-refractivity contribution in [2.24, 2.45) is 11.1 Å². The summed E-state index contributed by atoms with van der Waals surface area (Å²) in [6.45, 7) is 2.99. The van der Waals surface area contributed by atoms with E-state index in [0.29, 0.717) is 0 Å². The van der Waals surface area contributed by atoms with Crippen molar-refractivity contribution in [2.75, 3.05) is 31.6 Å². The molecule has 1 aliphatic heterocycles. The molecule has 2 aromatic rings. The molecule has 3 N–H and O–H groups in total. The molecule has 1 aromatic carbocycles. The first-order valence-electron chi connectivity index (χ1n) is 8.23. The average Bonchev–Trinajstić information content (AvgIpc) is 2.61. The molecule has 0 radical (unpaired) electrons. The molecule has 1 aromatic heterocycles. The van der Waals surface area contributed by atoms with E-state index in [1.165, 1.54) is 12.8 Å². The van der Waals surface area contributed by atoms with Gasteiger partial charge in [0.1, 0.15) is 17.9 Å². The Morgan fingerprint density at radius 1 is 1.38 bits per heavy atom. The molecule has 0 spiro atoms. The largest absolute Gasteiger partial charge is 0.497 e. The molecule has 1 aliphatic rings. The van der Waals surface area contributed by atoms with Gasteiger partial charge in [-0.2, -0.15) is 0 Å². The second-order valence-corrected chi connectivity index (χ2v) is 7.27. The fraction of sp³-hybridized carbons (Fsp3) is 0.471. The summed E-state index contributed by atoms with van der Waals surface area (Å²) in [5, 5.41) is 6.71. The molecule has 24 heavy (non-hydrogen) atoms. The SMILES string of the molecule is C=S(N)NCCC1CCN(c2ncnc3ccc(OC)cc23)CC1. The number of piperidine rings is 1. The first kappa shape index (κ1) is 17.1. The van der Waals surface area contributed by atoms with E-state index in [2.05, 4.69) is 25.5 Å². The Morgan fingerprint density at radius 3 is 2.88 bits per heavy atom. The van der Waals surface area contributed by atoms with E-state index in [1.807, 2.05) is 18.2 Å². The van der Waals surface area contributed by atoms with Crippen LogP contribution >= 0.6 is 10.9 Å². The molecule has 0 aliphatic carbocycles. The van der Waals surface area contributed by atoms with Crippen LogP contribution in [0, 0.1) is 5.92 Å². The van der Waals surface area contributed by atoms with Crippen LogP contribution in [0.25, 0.3) is 10.9 Å². The van der Waals surface area contributed by atoms with E-state index < -0.39 is 10.9 Å². The zero-order chi connectivity index (χ0) is 16.9. The summed E-state index contributed by atoms with van der Waals surface area (Å²) in [7, 11) is 1.27. The van der Waals surface area contributed by atoms with Crippen molar-refractivity contribution in [3.05, 3.63) is 24.5 Å². The molecule has 0 saturated carbocycles. The topological polar surface area (TPSA) is 76.3 Å². The number of anilines is 1. The van der Waals surface area contributed by atoms with E-state index in [-0.39, 0.29) is 0 Å². The number of methoxy groups -OCH3 is 1. The van der Waals surface area contributed by atoms with Crippen LogP contribution in [0.3, 0.4) is 0 Å². The minimum atomic E-state index is -0.415. The van der Waals surface area contributed by atoms with Crippen LogP contribution in [0.15, 0.2) is 24.5 Å². The van der Waals surface area contributed by atoms with Gasteiger partial charge >= 0.3 is 0 Å². The quantitative estimate of drug-likeness (QED) is 0.781. The predicted octanol–water partition coefficient (Wildman–Crippen LogP) is 2.32. The van der Waals surface area contributed by atoms with Crippen LogP contribution in [0.5, 0.6) is 5.75 Å². The number of hydrogen-bond donors (Lipinski definition) is 2. The first-order chi connectivity index (χ1) is 11.7. The van der Waals surface area contributed by atoms with Crippen molar-refractivity contribution in [1.29, 1.82) is 0 Å². The summed E-state index contributed by atoms with van der Waals surface area (Å²) in [6.07, 6.45) is 5.15. The zero-order valence-electron chi connectivity index (χ0n) is 14.1. The number of rotatable bonds is 6. The average molecular weight is 347 g/mol. The maximum Gasteiger partial charge on any atom is 0.140 e. The zero-order valence-corrected chi connectivity index (χ0v) is 14.9. The highest BCUT2D eigenvalue weighted by molar-refractivity contribution is 8.10. The van der Waals surface area contributed by atoms with E-state index in [0.717, 1.165) is 54.4 Å². The number of aromatic nitrogens is 2. The number of nitrogens with zero attached hydrogens (tertiary/aromatic N) is 3. The Morgan fingerprint density at radius 2 is 2.17 bits per heavy atom. The minimum Gasteiger partial charge on any atom is -0.497 e. The first-order valence-corrected chi connectivity index (χ1v) is 9.68. The third kappa shape index (κ3) is 4.03. The van der Waals surface area contributed by atoms with Gasteiger partial charge in [0.25, 0.3) is 0 Å². The molecule has 1 unspecified atom stereocenters. The molecule has 130 valence electrons. The van der Waals surface area contributed by atoms with Gasteiger partial charge in [-0.05, 0) is 49.2 Å². The van der Waals surface area contributed by atoms with Gasteiger partial charge in [-0.3, -0.25) is 9.86 Å². The summed E-state index contributed by atoms with van der Waals surface area (Å²) < 4.78 is 8.57. The number of nitrogens with two attached hydrogens (primary N) is 1. The molecule has 2 heterocycles. The Balaban J connectivity index is 1.68. The highest BCUT2D eigenvalue weighted by Crippen LogP contribution is 2.30. The lowest BCUT2D eigenvalue weighted by atomic mass is 9.93. The lowest BCUT2D eigenvalue weighted by Gasteiger charge is -2.33. The van der Waals surface area contributed by atoms with Crippen LogP contribution in [-0.2, 0) is 0 Å². The van der Waals surface area contributed by atoms with Gasteiger partial charge in [-0.15, -0.1) is 0 Å². The maximum atomic E-state index is 5.66. The third-order valence-electron chi connectivity index (χ3n) is 4.58. The summed E-state index contributed by atoms with van der Waals surface area (Å²) in [5.41, 5.74) is 0.956. The number of hydrogen-bond acceptors (Lipinski definition) is 6. The fourth-order valence-corrected chi connectivity index (χ4v) is 3.61. The van der Waals surface area contributed by atoms with E-state index in [9.17, 15) is 0 Å². The van der Waals surface area contributed by atoms with Crippen LogP contribution in [0.1, 0.15) is 19.3 Å². The molecule has 6 nitrogen and oxygen atoms in total. The molecule has 1 saturated heterocycles. The Hall–Kier alpha value is -1.70. The summed E-state index contributed by atoms with van der Waals surface area (Å²) >= 11 is 0. The lowest BCUT2D eigenvalue weighted by Crippen LogP contribution is -2.35. The van der Waals surface area contributed by atoms with Crippen molar-refractivity contribution in [3.63, 3.8) is 0 Å². The summed E-state index contributed by atoms with van der Waals surface area (Å²) in [4.78, 5) is 11.3. The Kier molecular flexibility index (Phi) is 5.65. The van der Waals surface area contributed by atoms with Gasteiger partial charge < -0.3 is 9.64 Å². The Labute approximate surface area is 145 Å². The van der Waals surface area contributed by atoms with Crippen molar-refractivity contribution in [1.82, 2.24) is 14.7 Å². The third-order valence-corrected chi connectivity index (χ3v) is 5.15. The van der Waals surface area contributed by atoms with Crippen molar-refractivity contribution in [3.8, 4) is 5.75 Å². The monoisotopic (exact) mass is 347 g/mol. The predicted molar refractivity (Wildman–Crippen MR) is 103 cm³/mol. The van der Waals surface area contributed by atoms with Gasteiger partial charge in [0.15, 0.2) is 0 Å². The molecule has 0 amide bonds. The van der Waals surface area contributed by atoms with E-state index in [4.69, 9.17) is 9.88 Å². The number of benzene rings is 1. The van der Waals surface area contributed by atoms with Crippen molar-refractivity contribution < 1.29 is 4.74 Å². The van der Waals surface area contributed by atoms with Crippen LogP contribution in [-0.4, -0.2) is 42.6 Å². The molecule has 7 heteroatoms. The number of nitrogens with one attached hydrogen (secondary N) is 1. The second-order valence-electron chi connectivity index (χ2n) is 6.12. The number of ether oxygens (including phenoxy) is 1. The highest BCUT2D eigenvalue weighted by atomic mass is 32.2. The van der Waals surface area contributed by atoms with E-state index >= 15 is 0 Å². The second kappa shape index (κ2) is 7.92. The smallest absolute Gasteiger partial charge is 0.140 e. The summed E-state index contributed by atoms with van der Waals surface area (Å²) in [5.74, 6) is 6.36. The van der Waals surface area contributed by atoms with Crippen molar-refractivity contribution >= 4 is 33.4 Å². The van der Waals surface area contributed by atoms with Gasteiger partial charge in [0.05, 0.1) is 12.6 Å². The summed E-state index contributed by atoms with van der Waals surface area (Å²) in [6, 6.07) is 5.95. The van der Waals surface area contributed by atoms with Crippen LogP contribution in [0.2, 0.25) is 0 Å². The molecule has 0 bridgehead atoms. The maximum absolute atomic E-state index is 5.66. The Bertz CT molecular complexity index is 715. The van der Waals surface area contributed by atoms with Crippen molar-refractivity contribution in [2.45, 2.75) is 19.3 Å². The highest BCUT2D eigenvalue weighted by Gasteiger charge is 2.21. The molecule has 1 fully saturated rings. The van der Waals surface area contributed by atoms with Gasteiger partial charge in [-0.25, -0.2) is 9.97 Å². The standard InChI is InChI=1S/C17H25N5OS/c1-23-14-3-4-16-15(11-14)17(20-12-19-16)22-9-6-13(7-10-22)5-8-21-24(2)18/h3-4,11-13,21H,2,5-10,18H2,1H3. The van der Waals surface area contributed by atoms with Gasteiger partial charge in [0, 0.05) is 25.0 Å². The van der Waals surface area contributed by atoms with Crippen LogP contribution in [0.4, 0.5) is 5.82 Å². The number of fused-ring (bicyclic) bond motifs is 1.